The fourth-order valence-corrected chi connectivity index (χ4v) is 2.49. The molecule has 0 spiro atoms. The molecule has 3 rings (SSSR count). The molecule has 1 aliphatic rings. The Bertz CT molecular complexity index is 572. The van der Waals surface area contributed by atoms with Gasteiger partial charge in [0.2, 0.25) is 0 Å². The first-order chi connectivity index (χ1) is 8.74. The van der Waals surface area contributed by atoms with Crippen molar-refractivity contribution in [3.05, 3.63) is 51.8 Å². The number of rotatable bonds is 2. The Labute approximate surface area is 107 Å². The number of H-pyrrole nitrogens is 1. The molecule has 18 heavy (non-hydrogen) atoms. The van der Waals surface area contributed by atoms with Gasteiger partial charge < -0.3 is 4.74 Å². The lowest BCUT2D eigenvalue weighted by molar-refractivity contribution is 0.109. The van der Waals surface area contributed by atoms with Crippen molar-refractivity contribution in [2.24, 2.45) is 0 Å². The number of aryl methyl sites for hydroxylation is 2. The lowest BCUT2D eigenvalue weighted by Crippen LogP contribution is -2.10. The largest absolute Gasteiger partial charge is 0.376 e. The molecule has 0 unspecified atom stereocenters. The van der Waals surface area contributed by atoms with Crippen molar-refractivity contribution in [1.82, 2.24) is 10.2 Å². The van der Waals surface area contributed by atoms with Crippen molar-refractivity contribution in [1.29, 1.82) is 0 Å². The molecule has 0 amide bonds. The summed E-state index contributed by atoms with van der Waals surface area (Å²) in [6.45, 7) is 5.79. The van der Waals surface area contributed by atoms with Gasteiger partial charge >= 0.3 is 0 Å². The van der Waals surface area contributed by atoms with Crippen LogP contribution in [0.4, 0.5) is 0 Å². The van der Waals surface area contributed by atoms with E-state index in [1.54, 1.807) is 0 Å². The van der Waals surface area contributed by atoms with Crippen molar-refractivity contribution in [2.45, 2.75) is 33.3 Å². The highest BCUT2D eigenvalue weighted by molar-refractivity contribution is 5.36. The number of nitrogens with one attached hydrogen (secondary N) is 1. The molecule has 94 valence electrons. The number of hydrogen-bond donors (Lipinski definition) is 1. The van der Waals surface area contributed by atoms with Gasteiger partial charge in [0, 0.05) is 24.1 Å². The minimum atomic E-state index is 0.700. The number of ether oxygens (including phenoxy) is 1. The summed E-state index contributed by atoms with van der Waals surface area (Å²) in [4.78, 5) is 0. The molecule has 0 fully saturated rings. The minimum Gasteiger partial charge on any atom is -0.376 e. The third kappa shape index (κ3) is 2.06. The van der Waals surface area contributed by atoms with Gasteiger partial charge in [-0.15, -0.1) is 0 Å². The summed E-state index contributed by atoms with van der Waals surface area (Å²) in [5, 5.41) is 7.61. The number of fused-ring (bicyclic) bond motifs is 1. The normalized spacial score (nSPS) is 14.6. The van der Waals surface area contributed by atoms with Gasteiger partial charge in [-0.25, -0.2) is 0 Å². The van der Waals surface area contributed by atoms with Gasteiger partial charge in [0.1, 0.15) is 0 Å². The Balaban J connectivity index is 1.92. The topological polar surface area (TPSA) is 37.9 Å². The molecule has 1 aliphatic heterocycles. The first kappa shape index (κ1) is 11.5. The molecule has 0 bridgehead atoms. The molecule has 1 aromatic carbocycles. The third-order valence-corrected chi connectivity index (χ3v) is 3.64. The number of aromatic amines is 1. The first-order valence-electron chi connectivity index (χ1n) is 6.43. The van der Waals surface area contributed by atoms with Crippen LogP contribution in [0.2, 0.25) is 0 Å². The molecule has 3 heteroatoms. The van der Waals surface area contributed by atoms with E-state index in [1.807, 2.05) is 0 Å². The van der Waals surface area contributed by atoms with Crippen LogP contribution in [0.1, 0.15) is 33.6 Å². The molecule has 1 aromatic heterocycles. The molecule has 0 radical (unpaired) electrons. The highest BCUT2D eigenvalue weighted by Crippen LogP contribution is 2.22. The summed E-state index contributed by atoms with van der Waals surface area (Å²) >= 11 is 0. The smallest absolute Gasteiger partial charge is 0.0753 e. The lowest BCUT2D eigenvalue weighted by atomic mass is 9.98. The summed E-state index contributed by atoms with van der Waals surface area (Å²) in [7, 11) is 0. The number of hydrogen-bond acceptors (Lipinski definition) is 2. The maximum atomic E-state index is 5.53. The van der Waals surface area contributed by atoms with Crippen molar-refractivity contribution in [2.75, 3.05) is 6.61 Å². The quantitative estimate of drug-likeness (QED) is 0.879. The molecule has 0 aliphatic carbocycles. The fourth-order valence-electron chi connectivity index (χ4n) is 2.49. The van der Waals surface area contributed by atoms with Gasteiger partial charge in [-0.05, 0) is 25.0 Å². The molecule has 2 aromatic rings. The van der Waals surface area contributed by atoms with Crippen LogP contribution in [-0.2, 0) is 24.2 Å². The van der Waals surface area contributed by atoms with Crippen LogP contribution in [0.15, 0.2) is 18.2 Å². The van der Waals surface area contributed by atoms with Crippen molar-refractivity contribution in [3.8, 4) is 0 Å². The first-order valence-corrected chi connectivity index (χ1v) is 6.43. The molecule has 0 atom stereocenters. The van der Waals surface area contributed by atoms with Crippen LogP contribution in [0, 0.1) is 13.8 Å². The van der Waals surface area contributed by atoms with Gasteiger partial charge in [-0.3, -0.25) is 5.10 Å². The number of aromatic nitrogens is 2. The summed E-state index contributed by atoms with van der Waals surface area (Å²) in [5.41, 5.74) is 7.64. The second kappa shape index (κ2) is 4.58. The third-order valence-electron chi connectivity index (χ3n) is 3.64. The maximum Gasteiger partial charge on any atom is 0.0753 e. The van der Waals surface area contributed by atoms with Gasteiger partial charge in [0.05, 0.1) is 18.9 Å². The zero-order valence-electron chi connectivity index (χ0n) is 10.9. The Morgan fingerprint density at radius 2 is 2.22 bits per heavy atom. The standard InChI is InChI=1S/C15H18N2O/c1-10-3-4-11(2)12(7-10)8-15-13-9-18-6-5-14(13)16-17-15/h3-4,7H,5-6,8-9H2,1-2H3,(H,16,17). The van der Waals surface area contributed by atoms with E-state index in [0.29, 0.717) is 6.61 Å². The predicted octanol–water partition coefficient (Wildman–Crippen LogP) is 2.69. The van der Waals surface area contributed by atoms with Gasteiger partial charge in [0.25, 0.3) is 0 Å². The van der Waals surface area contributed by atoms with Crippen LogP contribution in [-0.4, -0.2) is 16.8 Å². The summed E-state index contributed by atoms with van der Waals surface area (Å²) in [6.07, 6.45) is 1.85. The molecule has 0 saturated carbocycles. The monoisotopic (exact) mass is 242 g/mol. The minimum absolute atomic E-state index is 0.700. The Kier molecular flexibility index (Phi) is 2.92. The SMILES string of the molecule is Cc1ccc(C)c(Cc2n[nH]c3c2COCC3)c1. The van der Waals surface area contributed by atoms with Crippen molar-refractivity contribution >= 4 is 0 Å². The summed E-state index contributed by atoms with van der Waals surface area (Å²) in [6, 6.07) is 6.59. The molecule has 3 nitrogen and oxygen atoms in total. The highest BCUT2D eigenvalue weighted by Gasteiger charge is 2.17. The maximum absolute atomic E-state index is 5.53. The predicted molar refractivity (Wildman–Crippen MR) is 70.7 cm³/mol. The van der Waals surface area contributed by atoms with E-state index in [0.717, 1.165) is 25.1 Å². The second-order valence-electron chi connectivity index (χ2n) is 5.04. The summed E-state index contributed by atoms with van der Waals surface area (Å²) < 4.78 is 5.53. The number of benzene rings is 1. The van der Waals surface area contributed by atoms with Crippen molar-refractivity contribution in [3.63, 3.8) is 0 Å². The average Bonchev–Trinajstić information content (AvgIpc) is 2.78. The fraction of sp³-hybridized carbons (Fsp3) is 0.400. The zero-order chi connectivity index (χ0) is 12.5. The molecular formula is C15H18N2O. The van der Waals surface area contributed by atoms with Crippen LogP contribution in [0.5, 0.6) is 0 Å². The highest BCUT2D eigenvalue weighted by atomic mass is 16.5. The van der Waals surface area contributed by atoms with Crippen LogP contribution in [0.3, 0.4) is 0 Å². The van der Waals surface area contributed by atoms with E-state index < -0.39 is 0 Å². The van der Waals surface area contributed by atoms with E-state index >= 15 is 0 Å². The van der Waals surface area contributed by atoms with Gasteiger partial charge in [-0.2, -0.15) is 5.10 Å². The average molecular weight is 242 g/mol. The second-order valence-corrected chi connectivity index (χ2v) is 5.04. The van der Waals surface area contributed by atoms with Crippen molar-refractivity contribution < 1.29 is 4.74 Å². The lowest BCUT2D eigenvalue weighted by Gasteiger charge is -2.13. The van der Waals surface area contributed by atoms with E-state index in [2.05, 4.69) is 42.2 Å². The molecule has 1 N–H and O–H groups in total. The van der Waals surface area contributed by atoms with Crippen LogP contribution < -0.4 is 0 Å². The van der Waals surface area contributed by atoms with E-state index in [9.17, 15) is 0 Å². The van der Waals surface area contributed by atoms with E-state index in [4.69, 9.17) is 4.74 Å². The van der Waals surface area contributed by atoms with E-state index in [-0.39, 0.29) is 0 Å². The van der Waals surface area contributed by atoms with Crippen LogP contribution >= 0.6 is 0 Å². The van der Waals surface area contributed by atoms with Gasteiger partial charge in [-0.1, -0.05) is 23.8 Å². The number of nitrogens with zero attached hydrogens (tertiary/aromatic N) is 1. The Morgan fingerprint density at radius 3 is 3.11 bits per heavy atom. The molecule has 2 heterocycles. The zero-order valence-corrected chi connectivity index (χ0v) is 10.9. The van der Waals surface area contributed by atoms with Crippen LogP contribution in [0.25, 0.3) is 0 Å². The summed E-state index contributed by atoms with van der Waals surface area (Å²) in [5.74, 6) is 0. The Hall–Kier alpha value is -1.61. The Morgan fingerprint density at radius 1 is 1.33 bits per heavy atom. The molecular weight excluding hydrogens is 224 g/mol. The van der Waals surface area contributed by atoms with E-state index in [1.165, 1.54) is 27.9 Å². The van der Waals surface area contributed by atoms with Gasteiger partial charge in [0.15, 0.2) is 0 Å². The molecule has 0 saturated heterocycles.